The molecule has 0 unspecified atom stereocenters. The Morgan fingerprint density at radius 1 is 0.404 bits per heavy atom. The second kappa shape index (κ2) is 11.7. The highest BCUT2D eigenvalue weighted by molar-refractivity contribution is 6.12. The Kier molecular flexibility index (Phi) is 6.80. The molecule has 2 aromatic heterocycles. The van der Waals surface area contributed by atoms with Crippen LogP contribution in [0.25, 0.3) is 83.9 Å². The van der Waals surface area contributed by atoms with E-state index in [1.165, 1.54) is 33.0 Å². The average Bonchev–Trinajstić information content (AvgIpc) is 3.65. The lowest BCUT2D eigenvalue weighted by molar-refractivity contribution is 0.661. The number of fused-ring (bicyclic) bond motifs is 6. The lowest BCUT2D eigenvalue weighted by Crippen LogP contribution is -2.15. The second-order valence-electron chi connectivity index (χ2n) is 14.0. The Bertz CT molecular complexity index is 2740. The molecule has 4 nitrogen and oxygen atoms in total. The van der Waals surface area contributed by atoms with E-state index in [4.69, 9.17) is 15.0 Å². The van der Waals surface area contributed by atoms with Crippen LogP contribution in [0, 0.1) is 0 Å². The van der Waals surface area contributed by atoms with Crippen LogP contribution in [0.1, 0.15) is 25.0 Å². The average molecular weight is 667 g/mol. The zero-order valence-corrected chi connectivity index (χ0v) is 29.0. The molecule has 246 valence electrons. The van der Waals surface area contributed by atoms with E-state index in [9.17, 15) is 0 Å². The molecule has 0 radical (unpaired) electrons. The number of hydrogen-bond acceptors (Lipinski definition) is 3. The number of benzene rings is 7. The summed E-state index contributed by atoms with van der Waals surface area (Å²) < 4.78 is 2.43. The molecule has 0 spiro atoms. The third-order valence-corrected chi connectivity index (χ3v) is 10.7. The van der Waals surface area contributed by atoms with Crippen molar-refractivity contribution in [2.24, 2.45) is 0 Å². The molecule has 0 aliphatic heterocycles. The maximum absolute atomic E-state index is 5.29. The van der Waals surface area contributed by atoms with Gasteiger partial charge in [0.1, 0.15) is 0 Å². The SMILES string of the molecule is CC1(C)c2ccccc2-c2cc3c4ccccc4n(-c4cccc(-c5ccccc5)c4-c4nc(-c5ccccc5)nc(-c5ccccc5)n4)c3cc21. The largest absolute Gasteiger partial charge is 0.308 e. The van der Waals surface area contributed by atoms with Gasteiger partial charge in [-0.2, -0.15) is 0 Å². The molecule has 9 aromatic rings. The highest BCUT2D eigenvalue weighted by Gasteiger charge is 2.36. The molecule has 0 N–H and O–H groups in total. The number of nitrogens with zero attached hydrogens (tertiary/aromatic N) is 4. The van der Waals surface area contributed by atoms with Gasteiger partial charge in [0.05, 0.1) is 22.3 Å². The maximum atomic E-state index is 5.29. The van der Waals surface area contributed by atoms with Crippen molar-refractivity contribution >= 4 is 21.8 Å². The highest BCUT2D eigenvalue weighted by Crippen LogP contribution is 2.51. The van der Waals surface area contributed by atoms with Crippen LogP contribution in [0.4, 0.5) is 0 Å². The molecule has 0 fully saturated rings. The molecule has 7 aromatic carbocycles. The molecular formula is C48H34N4. The molecule has 1 aliphatic carbocycles. The Morgan fingerprint density at radius 3 is 1.65 bits per heavy atom. The lowest BCUT2D eigenvalue weighted by atomic mass is 9.82. The van der Waals surface area contributed by atoms with Crippen molar-refractivity contribution in [2.75, 3.05) is 0 Å². The Labute approximate surface area is 302 Å². The molecule has 0 bridgehead atoms. The van der Waals surface area contributed by atoms with Crippen LogP contribution in [0.15, 0.2) is 170 Å². The summed E-state index contributed by atoms with van der Waals surface area (Å²) in [5.41, 5.74) is 13.5. The number of hydrogen-bond donors (Lipinski definition) is 0. The third-order valence-electron chi connectivity index (χ3n) is 10.7. The van der Waals surface area contributed by atoms with Crippen LogP contribution in [-0.2, 0) is 5.41 Å². The first-order valence-corrected chi connectivity index (χ1v) is 17.8. The van der Waals surface area contributed by atoms with Gasteiger partial charge in [-0.1, -0.05) is 159 Å². The molecule has 2 heterocycles. The van der Waals surface area contributed by atoms with Crippen LogP contribution in [-0.4, -0.2) is 19.5 Å². The number of rotatable bonds is 5. The van der Waals surface area contributed by atoms with Crippen molar-refractivity contribution in [2.45, 2.75) is 19.3 Å². The van der Waals surface area contributed by atoms with Crippen LogP contribution in [0.2, 0.25) is 0 Å². The van der Waals surface area contributed by atoms with E-state index in [1.54, 1.807) is 0 Å². The minimum absolute atomic E-state index is 0.139. The molecule has 52 heavy (non-hydrogen) atoms. The van der Waals surface area contributed by atoms with Crippen molar-refractivity contribution in [1.29, 1.82) is 0 Å². The van der Waals surface area contributed by atoms with Gasteiger partial charge in [-0.15, -0.1) is 0 Å². The van der Waals surface area contributed by atoms with Crippen molar-refractivity contribution < 1.29 is 0 Å². The monoisotopic (exact) mass is 666 g/mol. The molecule has 0 amide bonds. The summed E-state index contributed by atoms with van der Waals surface area (Å²) in [6.07, 6.45) is 0. The molecule has 1 aliphatic rings. The van der Waals surface area contributed by atoms with E-state index < -0.39 is 0 Å². The van der Waals surface area contributed by atoms with E-state index in [0.29, 0.717) is 17.5 Å². The summed E-state index contributed by atoms with van der Waals surface area (Å²) in [7, 11) is 0. The van der Waals surface area contributed by atoms with Crippen molar-refractivity contribution in [3.63, 3.8) is 0 Å². The van der Waals surface area contributed by atoms with E-state index >= 15 is 0 Å². The van der Waals surface area contributed by atoms with Crippen LogP contribution in [0.3, 0.4) is 0 Å². The van der Waals surface area contributed by atoms with Crippen LogP contribution in [0.5, 0.6) is 0 Å². The number of para-hydroxylation sites is 1. The van der Waals surface area contributed by atoms with E-state index in [0.717, 1.165) is 44.5 Å². The quantitative estimate of drug-likeness (QED) is 0.184. The molecule has 10 rings (SSSR count). The summed E-state index contributed by atoms with van der Waals surface area (Å²) in [4.78, 5) is 15.6. The van der Waals surface area contributed by atoms with Crippen molar-refractivity contribution in [3.05, 3.63) is 181 Å². The van der Waals surface area contributed by atoms with E-state index in [2.05, 4.69) is 152 Å². The van der Waals surface area contributed by atoms with Gasteiger partial charge in [-0.25, -0.2) is 15.0 Å². The zero-order valence-electron chi connectivity index (χ0n) is 29.0. The minimum Gasteiger partial charge on any atom is -0.308 e. The minimum atomic E-state index is -0.139. The Morgan fingerprint density at radius 2 is 0.962 bits per heavy atom. The molecule has 4 heteroatoms. The van der Waals surface area contributed by atoms with E-state index in [1.807, 2.05) is 36.4 Å². The third kappa shape index (κ3) is 4.65. The summed E-state index contributed by atoms with van der Waals surface area (Å²) in [5, 5.41) is 2.44. The van der Waals surface area contributed by atoms with Gasteiger partial charge >= 0.3 is 0 Å². The first-order chi connectivity index (χ1) is 25.6. The van der Waals surface area contributed by atoms with E-state index in [-0.39, 0.29) is 5.41 Å². The predicted molar refractivity (Wildman–Crippen MR) is 213 cm³/mol. The summed E-state index contributed by atoms with van der Waals surface area (Å²) in [6.45, 7) is 4.69. The molecule has 0 atom stereocenters. The fourth-order valence-electron chi connectivity index (χ4n) is 8.16. The first kappa shape index (κ1) is 30.2. The van der Waals surface area contributed by atoms with Crippen molar-refractivity contribution in [3.8, 4) is 62.1 Å². The summed E-state index contributed by atoms with van der Waals surface area (Å²) >= 11 is 0. The van der Waals surface area contributed by atoms with Gasteiger partial charge in [0.2, 0.25) is 0 Å². The molecule has 0 saturated carbocycles. The summed E-state index contributed by atoms with van der Waals surface area (Å²) in [6, 6.07) is 60.0. The topological polar surface area (TPSA) is 43.6 Å². The summed E-state index contributed by atoms with van der Waals surface area (Å²) in [5.74, 6) is 1.90. The lowest BCUT2D eigenvalue weighted by Gasteiger charge is -2.22. The van der Waals surface area contributed by atoms with Gasteiger partial charge in [0.25, 0.3) is 0 Å². The highest BCUT2D eigenvalue weighted by atomic mass is 15.1. The van der Waals surface area contributed by atoms with Gasteiger partial charge in [-0.05, 0) is 57.6 Å². The smallest absolute Gasteiger partial charge is 0.166 e. The normalized spacial score (nSPS) is 13.0. The molecular weight excluding hydrogens is 633 g/mol. The number of aromatic nitrogens is 4. The van der Waals surface area contributed by atoms with Gasteiger partial charge in [0.15, 0.2) is 17.5 Å². The van der Waals surface area contributed by atoms with Crippen LogP contribution < -0.4 is 0 Å². The molecule has 0 saturated heterocycles. The predicted octanol–water partition coefficient (Wildman–Crippen LogP) is 11.9. The van der Waals surface area contributed by atoms with Gasteiger partial charge < -0.3 is 4.57 Å². The Balaban J connectivity index is 1.32. The van der Waals surface area contributed by atoms with Gasteiger partial charge in [-0.3, -0.25) is 0 Å². The van der Waals surface area contributed by atoms with Gasteiger partial charge in [0, 0.05) is 27.3 Å². The fourth-order valence-corrected chi connectivity index (χ4v) is 8.16. The standard InChI is InChI=1S/C48H34N4/c1-48(2)39-26-14-12-23-35(39)37-29-38-36-24-13-15-27-41(36)52(43(38)30-40(37)48)42-28-16-25-34(31-17-6-3-7-18-31)44(42)47-50-45(32-19-8-4-9-20-32)49-46(51-47)33-21-10-5-11-22-33/h3-30H,1-2H3. The van der Waals surface area contributed by atoms with Crippen molar-refractivity contribution in [1.82, 2.24) is 19.5 Å². The second-order valence-corrected chi connectivity index (χ2v) is 14.0. The first-order valence-electron chi connectivity index (χ1n) is 17.8. The fraction of sp³-hybridized carbons (Fsp3) is 0.0625. The maximum Gasteiger partial charge on any atom is 0.166 e. The van der Waals surface area contributed by atoms with Crippen LogP contribution >= 0.6 is 0 Å². The Hall–Kier alpha value is -6.65. The zero-order chi connectivity index (χ0) is 34.8.